The van der Waals surface area contributed by atoms with Gasteiger partial charge in [-0.25, -0.2) is 14.2 Å². The van der Waals surface area contributed by atoms with Crippen LogP contribution in [0.4, 0.5) is 0 Å². The van der Waals surface area contributed by atoms with Crippen molar-refractivity contribution in [3.8, 4) is 17.1 Å². The summed E-state index contributed by atoms with van der Waals surface area (Å²) in [6.45, 7) is 3.63. The second kappa shape index (κ2) is 11.9. The minimum Gasteiger partial charge on any atom is -0.423 e. The highest BCUT2D eigenvalue weighted by Crippen LogP contribution is 2.33. The minimum atomic E-state index is -0.739. The summed E-state index contributed by atoms with van der Waals surface area (Å²) < 4.78 is 8.53. The van der Waals surface area contributed by atoms with Crippen LogP contribution in [0, 0.1) is 13.8 Å². The average molecular weight is 626 g/mol. The summed E-state index contributed by atoms with van der Waals surface area (Å²) in [5.41, 5.74) is 3.77. The van der Waals surface area contributed by atoms with Gasteiger partial charge in [0.15, 0.2) is 0 Å². The summed E-state index contributed by atoms with van der Waals surface area (Å²) in [6, 6.07) is 29.7. The lowest BCUT2D eigenvalue weighted by Crippen LogP contribution is -2.25. The van der Waals surface area contributed by atoms with Crippen molar-refractivity contribution >= 4 is 29.2 Å². The van der Waals surface area contributed by atoms with Gasteiger partial charge in [-0.1, -0.05) is 71.7 Å². The Morgan fingerprint density at radius 3 is 1.66 bits per heavy atom. The molecule has 0 amide bonds. The molecule has 0 atom stereocenters. The molecule has 44 heavy (non-hydrogen) atoms. The van der Waals surface area contributed by atoms with Gasteiger partial charge in [0.25, 0.3) is 11.1 Å². The fourth-order valence-corrected chi connectivity index (χ4v) is 5.61. The standard InChI is InChI=1S/C34H26Cl2N4O4/c1-20-29(32(41)39(37-20)24-9-5-3-6-10-24)31(30-21(2)38-40(33(30)42)25-11-7-4-8-12-25)22-13-16-26(17-14-22)44-34(43)23-15-18-27(35)28(36)19-23/h3-19,31,37-38H,1-2H3. The first-order chi connectivity index (χ1) is 21.2. The quantitative estimate of drug-likeness (QED) is 0.148. The number of aromatic amines is 2. The van der Waals surface area contributed by atoms with E-state index in [1.807, 2.05) is 74.5 Å². The Hall–Kier alpha value is -5.05. The van der Waals surface area contributed by atoms with Crippen molar-refractivity contribution in [1.82, 2.24) is 19.6 Å². The van der Waals surface area contributed by atoms with Gasteiger partial charge in [0.2, 0.25) is 0 Å². The maximum Gasteiger partial charge on any atom is 0.343 e. The lowest BCUT2D eigenvalue weighted by atomic mass is 9.85. The Morgan fingerprint density at radius 2 is 1.18 bits per heavy atom. The van der Waals surface area contributed by atoms with E-state index < -0.39 is 11.9 Å². The van der Waals surface area contributed by atoms with E-state index in [0.717, 1.165) is 0 Å². The van der Waals surface area contributed by atoms with Crippen molar-refractivity contribution in [2.75, 3.05) is 0 Å². The van der Waals surface area contributed by atoms with E-state index >= 15 is 0 Å². The van der Waals surface area contributed by atoms with E-state index in [-0.39, 0.29) is 27.5 Å². The van der Waals surface area contributed by atoms with Crippen LogP contribution in [-0.4, -0.2) is 25.5 Å². The molecular formula is C34H26Cl2N4O4. The number of H-pyrrole nitrogens is 2. The van der Waals surface area contributed by atoms with E-state index in [2.05, 4.69) is 10.2 Å². The largest absolute Gasteiger partial charge is 0.423 e. The zero-order valence-electron chi connectivity index (χ0n) is 23.7. The molecule has 10 heteroatoms. The third kappa shape index (κ3) is 5.41. The molecule has 220 valence electrons. The summed E-state index contributed by atoms with van der Waals surface area (Å²) in [5.74, 6) is -1.06. The van der Waals surface area contributed by atoms with E-state index in [9.17, 15) is 14.4 Å². The smallest absolute Gasteiger partial charge is 0.343 e. The summed E-state index contributed by atoms with van der Waals surface area (Å²) >= 11 is 12.0. The zero-order chi connectivity index (χ0) is 31.0. The maximum absolute atomic E-state index is 14.0. The molecule has 0 aliphatic rings. The van der Waals surface area contributed by atoms with Gasteiger partial charge in [-0.2, -0.15) is 0 Å². The number of benzene rings is 4. The van der Waals surface area contributed by atoms with Gasteiger partial charge in [-0.3, -0.25) is 19.8 Å². The number of nitrogens with zero attached hydrogens (tertiary/aromatic N) is 2. The number of ether oxygens (including phenoxy) is 1. The molecule has 4 aromatic carbocycles. The predicted molar refractivity (Wildman–Crippen MR) is 171 cm³/mol. The highest BCUT2D eigenvalue weighted by molar-refractivity contribution is 6.42. The van der Waals surface area contributed by atoms with Crippen molar-refractivity contribution in [3.63, 3.8) is 0 Å². The van der Waals surface area contributed by atoms with Crippen molar-refractivity contribution in [3.05, 3.63) is 168 Å². The van der Waals surface area contributed by atoms with Crippen LogP contribution in [0.25, 0.3) is 11.4 Å². The fraction of sp³-hybridized carbons (Fsp3) is 0.0882. The first-order valence-corrected chi connectivity index (χ1v) is 14.5. The van der Waals surface area contributed by atoms with Gasteiger partial charge in [-0.15, -0.1) is 0 Å². The van der Waals surface area contributed by atoms with E-state index in [4.69, 9.17) is 27.9 Å². The van der Waals surface area contributed by atoms with Gasteiger partial charge >= 0.3 is 5.97 Å². The van der Waals surface area contributed by atoms with Crippen LogP contribution in [0.3, 0.4) is 0 Å². The fourth-order valence-electron chi connectivity index (χ4n) is 5.31. The Kier molecular flexibility index (Phi) is 7.86. The summed E-state index contributed by atoms with van der Waals surface area (Å²) in [6.07, 6.45) is 0. The molecule has 2 heterocycles. The normalized spacial score (nSPS) is 11.2. The van der Waals surface area contributed by atoms with Crippen LogP contribution in [0.15, 0.2) is 113 Å². The lowest BCUT2D eigenvalue weighted by Gasteiger charge is -2.16. The second-order valence-corrected chi connectivity index (χ2v) is 11.1. The molecule has 2 N–H and O–H groups in total. The molecule has 6 rings (SSSR count). The molecule has 0 saturated carbocycles. The van der Waals surface area contributed by atoms with Crippen LogP contribution in [0.5, 0.6) is 5.75 Å². The van der Waals surface area contributed by atoms with E-state index in [1.165, 1.54) is 27.6 Å². The van der Waals surface area contributed by atoms with Gasteiger partial charge < -0.3 is 4.74 Å². The molecule has 0 aliphatic heterocycles. The Bertz CT molecular complexity index is 2000. The van der Waals surface area contributed by atoms with Gasteiger partial charge in [-0.05, 0) is 74.0 Å². The number of carbonyl (C=O) groups is 1. The summed E-state index contributed by atoms with van der Waals surface area (Å²) in [7, 11) is 0. The second-order valence-electron chi connectivity index (χ2n) is 10.3. The molecule has 8 nitrogen and oxygen atoms in total. The highest BCUT2D eigenvalue weighted by Gasteiger charge is 2.31. The highest BCUT2D eigenvalue weighted by atomic mass is 35.5. The van der Waals surface area contributed by atoms with Crippen molar-refractivity contribution < 1.29 is 9.53 Å². The zero-order valence-corrected chi connectivity index (χ0v) is 25.2. The molecule has 0 bridgehead atoms. The predicted octanol–water partition coefficient (Wildman–Crippen LogP) is 6.97. The molecular weight excluding hydrogens is 599 g/mol. The number of halogens is 2. The molecule has 0 spiro atoms. The Labute approximate surface area is 262 Å². The minimum absolute atomic E-state index is 0.241. The van der Waals surface area contributed by atoms with Gasteiger partial charge in [0.05, 0.1) is 38.1 Å². The molecule has 6 aromatic rings. The lowest BCUT2D eigenvalue weighted by molar-refractivity contribution is 0.0734. The molecule has 2 aromatic heterocycles. The van der Waals surface area contributed by atoms with Crippen molar-refractivity contribution in [2.24, 2.45) is 0 Å². The van der Waals surface area contributed by atoms with Gasteiger partial charge in [0, 0.05) is 17.3 Å². The number of hydrogen-bond acceptors (Lipinski definition) is 4. The number of aryl methyl sites for hydroxylation is 2. The van der Waals surface area contributed by atoms with Crippen molar-refractivity contribution in [1.29, 1.82) is 0 Å². The number of esters is 1. The number of rotatable bonds is 7. The van der Waals surface area contributed by atoms with E-state index in [0.29, 0.717) is 44.5 Å². The Balaban J connectivity index is 1.45. The Morgan fingerprint density at radius 1 is 0.682 bits per heavy atom. The first-order valence-electron chi connectivity index (χ1n) is 13.7. The van der Waals surface area contributed by atoms with Crippen LogP contribution < -0.4 is 15.9 Å². The molecule has 0 saturated heterocycles. The third-order valence-electron chi connectivity index (χ3n) is 7.42. The first kappa shape index (κ1) is 29.0. The number of aromatic nitrogens is 4. The SMILES string of the molecule is Cc1[nH]n(-c2ccccc2)c(=O)c1C(c1ccc(OC(=O)c2ccc(Cl)c(Cl)c2)cc1)c1c(C)[nH]n(-c2ccccc2)c1=O. The number of para-hydroxylation sites is 2. The number of carbonyl (C=O) groups excluding carboxylic acids is 1. The van der Waals surface area contributed by atoms with Gasteiger partial charge in [0.1, 0.15) is 5.75 Å². The summed E-state index contributed by atoms with van der Waals surface area (Å²) in [4.78, 5) is 40.8. The van der Waals surface area contributed by atoms with Crippen LogP contribution in [0.1, 0.15) is 44.4 Å². The third-order valence-corrected chi connectivity index (χ3v) is 8.16. The average Bonchev–Trinajstić information content (AvgIpc) is 3.50. The molecule has 0 fully saturated rings. The number of hydrogen-bond donors (Lipinski definition) is 2. The molecule has 0 radical (unpaired) electrons. The summed E-state index contributed by atoms with van der Waals surface area (Å²) in [5, 5.41) is 6.94. The molecule has 0 aliphatic carbocycles. The van der Waals surface area contributed by atoms with Crippen LogP contribution in [-0.2, 0) is 0 Å². The monoisotopic (exact) mass is 624 g/mol. The van der Waals surface area contributed by atoms with Crippen molar-refractivity contribution in [2.45, 2.75) is 19.8 Å². The van der Waals surface area contributed by atoms with E-state index in [1.54, 1.807) is 24.3 Å². The number of nitrogens with one attached hydrogen (secondary N) is 2. The van der Waals surface area contributed by atoms with Crippen LogP contribution >= 0.6 is 23.2 Å². The maximum atomic E-state index is 14.0. The topological polar surface area (TPSA) is 102 Å². The van der Waals surface area contributed by atoms with Crippen LogP contribution in [0.2, 0.25) is 10.0 Å². The molecule has 0 unspecified atom stereocenters.